The summed E-state index contributed by atoms with van der Waals surface area (Å²) < 4.78 is 11.0. The van der Waals surface area contributed by atoms with E-state index in [1.807, 2.05) is 6.92 Å². The van der Waals surface area contributed by atoms with E-state index in [-0.39, 0.29) is 6.04 Å². The van der Waals surface area contributed by atoms with Gasteiger partial charge in [-0.1, -0.05) is 0 Å². The van der Waals surface area contributed by atoms with Gasteiger partial charge in [0.25, 0.3) is 0 Å². The molecular weight excluding hydrogens is 238 g/mol. The van der Waals surface area contributed by atoms with Crippen molar-refractivity contribution in [3.63, 3.8) is 0 Å². The molecule has 0 aromatic carbocycles. The van der Waals surface area contributed by atoms with E-state index in [1.54, 1.807) is 0 Å². The summed E-state index contributed by atoms with van der Waals surface area (Å²) in [5.41, 5.74) is 6.94. The molecule has 4 saturated carbocycles. The maximum Gasteiger partial charge on any atom is 0.0701 e. The Bertz CT molecular complexity index is 270. The molecule has 0 aromatic rings. The third kappa shape index (κ3) is 2.84. The second kappa shape index (κ2) is 5.71. The fraction of sp³-hybridized carbons (Fsp3) is 1.00. The van der Waals surface area contributed by atoms with Gasteiger partial charge in [0, 0.05) is 12.6 Å². The summed E-state index contributed by atoms with van der Waals surface area (Å²) in [5, 5.41) is 0. The first-order chi connectivity index (χ1) is 9.22. The molecule has 0 aliphatic heterocycles. The Morgan fingerprint density at radius 3 is 2.05 bits per heavy atom. The molecule has 110 valence electrons. The van der Waals surface area contributed by atoms with Crippen LogP contribution in [-0.4, -0.2) is 32.5 Å². The lowest BCUT2D eigenvalue weighted by Crippen LogP contribution is -2.56. The number of ether oxygens (including phenoxy) is 2. The van der Waals surface area contributed by atoms with Crippen molar-refractivity contribution in [2.24, 2.45) is 28.9 Å². The van der Waals surface area contributed by atoms with Crippen LogP contribution < -0.4 is 5.73 Å². The van der Waals surface area contributed by atoms with Gasteiger partial charge in [-0.15, -0.1) is 0 Å². The van der Waals surface area contributed by atoms with Crippen molar-refractivity contribution in [3.05, 3.63) is 0 Å². The van der Waals surface area contributed by atoms with Crippen LogP contribution in [0.25, 0.3) is 0 Å². The van der Waals surface area contributed by atoms with Crippen LogP contribution in [-0.2, 0) is 9.47 Å². The number of rotatable bonds is 7. The molecule has 4 rings (SSSR count). The highest BCUT2D eigenvalue weighted by Gasteiger charge is 2.53. The Morgan fingerprint density at radius 1 is 1.00 bits per heavy atom. The van der Waals surface area contributed by atoms with Crippen molar-refractivity contribution >= 4 is 0 Å². The molecule has 0 spiro atoms. The molecule has 3 nitrogen and oxygen atoms in total. The van der Waals surface area contributed by atoms with E-state index in [0.29, 0.717) is 18.6 Å². The number of nitrogens with two attached hydrogens (primary N) is 1. The molecule has 4 bridgehead atoms. The minimum Gasteiger partial charge on any atom is -0.379 e. The molecule has 1 unspecified atom stereocenters. The molecule has 3 heteroatoms. The van der Waals surface area contributed by atoms with Gasteiger partial charge in [0.05, 0.1) is 19.8 Å². The van der Waals surface area contributed by atoms with Gasteiger partial charge in [-0.25, -0.2) is 0 Å². The van der Waals surface area contributed by atoms with Gasteiger partial charge < -0.3 is 15.2 Å². The van der Waals surface area contributed by atoms with Crippen molar-refractivity contribution in [1.82, 2.24) is 0 Å². The Balaban J connectivity index is 1.50. The van der Waals surface area contributed by atoms with Gasteiger partial charge >= 0.3 is 0 Å². The zero-order valence-corrected chi connectivity index (χ0v) is 12.3. The highest BCUT2D eigenvalue weighted by atomic mass is 16.5. The molecule has 0 amide bonds. The van der Waals surface area contributed by atoms with Crippen molar-refractivity contribution < 1.29 is 9.47 Å². The van der Waals surface area contributed by atoms with Crippen LogP contribution in [0.4, 0.5) is 0 Å². The highest BCUT2D eigenvalue weighted by molar-refractivity contribution is 5.05. The second-order valence-electron chi connectivity index (χ2n) is 7.16. The summed E-state index contributed by atoms with van der Waals surface area (Å²) in [4.78, 5) is 0. The van der Waals surface area contributed by atoms with Crippen LogP contribution in [0, 0.1) is 23.2 Å². The lowest BCUT2D eigenvalue weighted by Gasteiger charge is -2.58. The molecule has 0 saturated heterocycles. The zero-order valence-electron chi connectivity index (χ0n) is 12.3. The molecule has 0 radical (unpaired) electrons. The van der Waals surface area contributed by atoms with Crippen LogP contribution >= 0.6 is 0 Å². The van der Waals surface area contributed by atoms with E-state index in [1.165, 1.54) is 38.5 Å². The SMILES string of the molecule is CCOCCOCC(N)C12CC3CC(CC(C3)C1)C2. The third-order valence-electron chi connectivity index (χ3n) is 5.75. The van der Waals surface area contributed by atoms with E-state index in [2.05, 4.69) is 0 Å². The quantitative estimate of drug-likeness (QED) is 0.721. The maximum absolute atomic E-state index is 6.52. The molecule has 2 N–H and O–H groups in total. The van der Waals surface area contributed by atoms with E-state index < -0.39 is 0 Å². The Morgan fingerprint density at radius 2 is 1.53 bits per heavy atom. The Labute approximate surface area is 117 Å². The highest BCUT2D eigenvalue weighted by Crippen LogP contribution is 2.60. The summed E-state index contributed by atoms with van der Waals surface area (Å²) in [6.07, 6.45) is 8.56. The fourth-order valence-electron chi connectivity index (χ4n) is 5.28. The summed E-state index contributed by atoms with van der Waals surface area (Å²) >= 11 is 0. The molecular formula is C16H29NO2. The number of hydrogen-bond acceptors (Lipinski definition) is 3. The zero-order chi connectivity index (χ0) is 13.3. The van der Waals surface area contributed by atoms with Crippen LogP contribution in [0.2, 0.25) is 0 Å². The first-order valence-corrected chi connectivity index (χ1v) is 8.13. The smallest absolute Gasteiger partial charge is 0.0701 e. The molecule has 1 atom stereocenters. The van der Waals surface area contributed by atoms with Gasteiger partial charge in [-0.05, 0) is 68.6 Å². The molecule has 0 aromatic heterocycles. The average Bonchev–Trinajstić information content (AvgIpc) is 2.36. The van der Waals surface area contributed by atoms with Crippen molar-refractivity contribution in [3.8, 4) is 0 Å². The molecule has 4 aliphatic carbocycles. The molecule has 0 heterocycles. The molecule has 19 heavy (non-hydrogen) atoms. The van der Waals surface area contributed by atoms with Crippen molar-refractivity contribution in [1.29, 1.82) is 0 Å². The van der Waals surface area contributed by atoms with Gasteiger partial charge in [-0.3, -0.25) is 0 Å². The summed E-state index contributed by atoms with van der Waals surface area (Å²) in [6, 6.07) is 0.238. The predicted molar refractivity (Wildman–Crippen MR) is 75.9 cm³/mol. The summed E-state index contributed by atoms with van der Waals surface area (Å²) in [5.74, 6) is 2.92. The van der Waals surface area contributed by atoms with Crippen molar-refractivity contribution in [2.45, 2.75) is 51.5 Å². The van der Waals surface area contributed by atoms with Gasteiger partial charge in [0.15, 0.2) is 0 Å². The lowest BCUT2D eigenvalue weighted by atomic mass is 9.48. The van der Waals surface area contributed by atoms with E-state index in [9.17, 15) is 0 Å². The van der Waals surface area contributed by atoms with E-state index >= 15 is 0 Å². The first kappa shape index (κ1) is 13.8. The second-order valence-corrected chi connectivity index (χ2v) is 7.16. The van der Waals surface area contributed by atoms with Crippen molar-refractivity contribution in [2.75, 3.05) is 26.4 Å². The number of hydrogen-bond donors (Lipinski definition) is 1. The van der Waals surface area contributed by atoms with Crippen LogP contribution in [0.5, 0.6) is 0 Å². The minimum absolute atomic E-state index is 0.238. The maximum atomic E-state index is 6.52. The van der Waals surface area contributed by atoms with Gasteiger partial charge in [0.1, 0.15) is 0 Å². The fourth-order valence-corrected chi connectivity index (χ4v) is 5.28. The molecule has 4 aliphatic rings. The average molecular weight is 267 g/mol. The molecule has 4 fully saturated rings. The minimum atomic E-state index is 0.238. The van der Waals surface area contributed by atoms with Crippen LogP contribution in [0.3, 0.4) is 0 Å². The predicted octanol–water partition coefficient (Wildman–Crippen LogP) is 2.58. The van der Waals surface area contributed by atoms with Crippen LogP contribution in [0.1, 0.15) is 45.4 Å². The standard InChI is InChI=1S/C16H29NO2/c1-2-18-3-4-19-11-15(17)16-8-12-5-13(9-16)7-14(6-12)10-16/h12-15H,2-11,17H2,1H3. The third-order valence-corrected chi connectivity index (χ3v) is 5.75. The van der Waals surface area contributed by atoms with E-state index in [4.69, 9.17) is 15.2 Å². The summed E-state index contributed by atoms with van der Waals surface area (Å²) in [6.45, 7) is 4.89. The van der Waals surface area contributed by atoms with Gasteiger partial charge in [-0.2, -0.15) is 0 Å². The van der Waals surface area contributed by atoms with E-state index in [0.717, 1.165) is 31.0 Å². The van der Waals surface area contributed by atoms with Gasteiger partial charge in [0.2, 0.25) is 0 Å². The normalized spacial score (nSPS) is 41.7. The van der Waals surface area contributed by atoms with Crippen LogP contribution in [0.15, 0.2) is 0 Å². The monoisotopic (exact) mass is 267 g/mol. The topological polar surface area (TPSA) is 44.5 Å². The largest absolute Gasteiger partial charge is 0.379 e. The summed E-state index contributed by atoms with van der Waals surface area (Å²) in [7, 11) is 0. The lowest BCUT2D eigenvalue weighted by molar-refractivity contribution is -0.0828. The Hall–Kier alpha value is -0.120. The Kier molecular flexibility index (Phi) is 4.16. The first-order valence-electron chi connectivity index (χ1n) is 8.13.